The van der Waals surface area contributed by atoms with Crippen LogP contribution >= 0.6 is 11.3 Å². The number of carbonyl (C=O) groups excluding carboxylic acids is 2. The van der Waals surface area contributed by atoms with Gasteiger partial charge >= 0.3 is 0 Å². The van der Waals surface area contributed by atoms with Crippen LogP contribution in [0, 0.1) is 0 Å². The quantitative estimate of drug-likeness (QED) is 0.169. The molecule has 0 saturated carbocycles. The monoisotopic (exact) mass is 589 g/mol. The van der Waals surface area contributed by atoms with Gasteiger partial charge in [0.1, 0.15) is 11.9 Å². The summed E-state index contributed by atoms with van der Waals surface area (Å²) in [5.41, 5.74) is 3.46. The van der Waals surface area contributed by atoms with E-state index in [0.29, 0.717) is 54.9 Å². The number of nitrogens with zero attached hydrogens (tertiary/aromatic N) is 6. The van der Waals surface area contributed by atoms with E-state index in [-0.39, 0.29) is 17.7 Å². The summed E-state index contributed by atoms with van der Waals surface area (Å²) in [4.78, 5) is 41.8. The number of hydrogen-bond donors (Lipinski definition) is 1. The zero-order chi connectivity index (χ0) is 29.6. The van der Waals surface area contributed by atoms with Gasteiger partial charge in [0.2, 0.25) is 5.91 Å². The Kier molecular flexibility index (Phi) is 9.61. The molecule has 222 valence electrons. The lowest BCUT2D eigenvalue weighted by Gasteiger charge is -2.41. The number of thiophene rings is 1. The second-order valence-corrected chi connectivity index (χ2v) is 11.5. The number of anilines is 1. The Balaban J connectivity index is 1.49. The first kappa shape index (κ1) is 29.8. The molecule has 1 aliphatic rings. The number of rotatable bonds is 14. The third kappa shape index (κ3) is 6.38. The van der Waals surface area contributed by atoms with Crippen molar-refractivity contribution in [2.24, 2.45) is 0 Å². The average Bonchev–Trinajstić information content (AvgIpc) is 3.66. The summed E-state index contributed by atoms with van der Waals surface area (Å²) in [5.74, 6) is 0.605. The first-order valence-corrected chi connectivity index (χ1v) is 15.5. The van der Waals surface area contributed by atoms with Crippen LogP contribution in [0.2, 0.25) is 0 Å². The highest BCUT2D eigenvalue weighted by atomic mass is 32.1. The van der Waals surface area contributed by atoms with Gasteiger partial charge in [0, 0.05) is 44.4 Å². The van der Waals surface area contributed by atoms with Crippen molar-refractivity contribution >= 4 is 34.5 Å². The highest BCUT2D eigenvalue weighted by Gasteiger charge is 2.35. The standard InChI is InChI=1S/C31H39N7O3S/c1-5-36(6-2)21(3)9-10-27(39)22-18-25(34-29(19-22)37-14-12-26(37)31(40)32-13-16-41-4)23-20-33-38-15-11-24(35-30(23)38)28-8-7-17-42-28/h7-8,11,15,17-21,26H,5-6,9-10,12-14,16H2,1-4H3,(H,32,40)/t21-,26-/m0/s1. The van der Waals surface area contributed by atoms with Crippen molar-refractivity contribution in [3.05, 3.63) is 53.7 Å². The van der Waals surface area contributed by atoms with E-state index in [1.54, 1.807) is 29.2 Å². The fourth-order valence-corrected chi connectivity index (χ4v) is 6.11. The van der Waals surface area contributed by atoms with Crippen molar-refractivity contribution in [2.45, 2.75) is 52.1 Å². The first-order valence-electron chi connectivity index (χ1n) is 14.6. The third-order valence-electron chi connectivity index (χ3n) is 8.00. The molecule has 5 rings (SSSR count). The van der Waals surface area contributed by atoms with E-state index in [4.69, 9.17) is 14.7 Å². The van der Waals surface area contributed by atoms with Crippen LogP contribution in [0.15, 0.2) is 48.1 Å². The van der Waals surface area contributed by atoms with Gasteiger partial charge in [-0.3, -0.25) is 9.59 Å². The summed E-state index contributed by atoms with van der Waals surface area (Å²) in [7, 11) is 1.61. The molecular formula is C31H39N7O3S. The van der Waals surface area contributed by atoms with Crippen LogP contribution in [0.1, 0.15) is 50.4 Å². The zero-order valence-corrected chi connectivity index (χ0v) is 25.6. The zero-order valence-electron chi connectivity index (χ0n) is 24.7. The van der Waals surface area contributed by atoms with Crippen LogP contribution in [0.4, 0.5) is 5.82 Å². The molecule has 1 fully saturated rings. The molecule has 0 aliphatic carbocycles. The van der Waals surface area contributed by atoms with Gasteiger partial charge in [0.25, 0.3) is 0 Å². The molecule has 2 atom stereocenters. The van der Waals surface area contributed by atoms with Crippen molar-refractivity contribution in [3.63, 3.8) is 0 Å². The second-order valence-electron chi connectivity index (χ2n) is 10.5. The van der Waals surface area contributed by atoms with Crippen LogP contribution in [0.5, 0.6) is 0 Å². The Morgan fingerprint density at radius 3 is 2.71 bits per heavy atom. The van der Waals surface area contributed by atoms with E-state index < -0.39 is 0 Å². The number of aromatic nitrogens is 4. The number of Topliss-reactive ketones (excluding diaryl/α,β-unsaturated/α-hetero) is 1. The number of hydrogen-bond acceptors (Lipinski definition) is 9. The highest BCUT2D eigenvalue weighted by Crippen LogP contribution is 2.32. The summed E-state index contributed by atoms with van der Waals surface area (Å²) in [6, 6.07) is 9.62. The normalized spacial score (nSPS) is 15.6. The van der Waals surface area contributed by atoms with E-state index in [1.807, 2.05) is 46.8 Å². The maximum absolute atomic E-state index is 13.6. The van der Waals surface area contributed by atoms with Gasteiger partial charge in [-0.15, -0.1) is 11.3 Å². The van der Waals surface area contributed by atoms with Gasteiger partial charge < -0.3 is 19.9 Å². The first-order chi connectivity index (χ1) is 20.4. The number of methoxy groups -OCH3 is 1. The summed E-state index contributed by atoms with van der Waals surface area (Å²) >= 11 is 1.63. The Morgan fingerprint density at radius 2 is 2.02 bits per heavy atom. The van der Waals surface area contributed by atoms with Crippen LogP contribution in [0.3, 0.4) is 0 Å². The Morgan fingerprint density at radius 1 is 1.19 bits per heavy atom. The predicted molar refractivity (Wildman–Crippen MR) is 166 cm³/mol. The molecule has 0 bridgehead atoms. The molecule has 1 amide bonds. The molecule has 11 heteroatoms. The molecule has 1 N–H and O–H groups in total. The van der Waals surface area contributed by atoms with E-state index in [9.17, 15) is 9.59 Å². The number of pyridine rings is 1. The Labute approximate surface area is 250 Å². The molecule has 5 heterocycles. The maximum Gasteiger partial charge on any atom is 0.242 e. The summed E-state index contributed by atoms with van der Waals surface area (Å²) < 4.78 is 6.80. The molecule has 4 aromatic rings. The van der Waals surface area contributed by atoms with Gasteiger partial charge in [0.05, 0.1) is 34.6 Å². The molecule has 4 aromatic heterocycles. The lowest BCUT2D eigenvalue weighted by Crippen LogP contribution is -2.57. The van der Waals surface area contributed by atoms with Gasteiger partial charge in [-0.2, -0.15) is 5.10 Å². The molecule has 10 nitrogen and oxygen atoms in total. The van der Waals surface area contributed by atoms with Crippen LogP contribution in [-0.4, -0.2) is 88.2 Å². The molecule has 0 aromatic carbocycles. The number of ether oxygens (including phenoxy) is 1. The Bertz CT molecular complexity index is 1520. The van der Waals surface area contributed by atoms with Gasteiger partial charge in [0.15, 0.2) is 11.4 Å². The summed E-state index contributed by atoms with van der Waals surface area (Å²) in [6.45, 7) is 9.95. The van der Waals surface area contributed by atoms with Gasteiger partial charge in [-0.25, -0.2) is 14.5 Å². The third-order valence-corrected chi connectivity index (χ3v) is 8.89. The average molecular weight is 590 g/mol. The van der Waals surface area contributed by atoms with Crippen molar-refractivity contribution < 1.29 is 14.3 Å². The van der Waals surface area contributed by atoms with Crippen molar-refractivity contribution in [3.8, 4) is 21.8 Å². The number of nitrogens with one attached hydrogen (secondary N) is 1. The van der Waals surface area contributed by atoms with E-state index in [2.05, 4.69) is 36.1 Å². The Hall–Kier alpha value is -3.67. The minimum Gasteiger partial charge on any atom is -0.383 e. The smallest absolute Gasteiger partial charge is 0.242 e. The minimum absolute atomic E-state index is 0.0595. The highest BCUT2D eigenvalue weighted by molar-refractivity contribution is 7.13. The molecule has 0 spiro atoms. The molecule has 0 radical (unpaired) electrons. The lowest BCUT2D eigenvalue weighted by atomic mass is 9.99. The van der Waals surface area contributed by atoms with Gasteiger partial charge in [-0.05, 0) is 62.5 Å². The predicted octanol–water partition coefficient (Wildman–Crippen LogP) is 4.55. The van der Waals surface area contributed by atoms with Crippen molar-refractivity contribution in [2.75, 3.05) is 44.8 Å². The van der Waals surface area contributed by atoms with Crippen LogP contribution in [0.25, 0.3) is 27.5 Å². The van der Waals surface area contributed by atoms with E-state index in [0.717, 1.165) is 42.1 Å². The second kappa shape index (κ2) is 13.5. The number of fused-ring (bicyclic) bond motifs is 1. The molecule has 1 saturated heterocycles. The van der Waals surface area contributed by atoms with Gasteiger partial charge in [-0.1, -0.05) is 19.9 Å². The van der Waals surface area contributed by atoms with Crippen LogP contribution in [-0.2, 0) is 9.53 Å². The summed E-state index contributed by atoms with van der Waals surface area (Å²) in [5, 5.41) is 9.48. The van der Waals surface area contributed by atoms with Crippen molar-refractivity contribution in [1.29, 1.82) is 0 Å². The molecule has 1 aliphatic heterocycles. The topological polar surface area (TPSA) is 105 Å². The summed E-state index contributed by atoms with van der Waals surface area (Å²) in [6.07, 6.45) is 5.55. The van der Waals surface area contributed by atoms with Crippen LogP contribution < -0.4 is 10.2 Å². The minimum atomic E-state index is -0.345. The molecule has 42 heavy (non-hydrogen) atoms. The lowest BCUT2D eigenvalue weighted by molar-refractivity contribution is -0.123. The number of ketones is 1. The number of carbonyl (C=O) groups is 2. The maximum atomic E-state index is 13.6. The largest absolute Gasteiger partial charge is 0.383 e. The SMILES string of the molecule is CCN(CC)[C@@H](C)CCC(=O)c1cc(-c2cnn3ccc(-c4cccs4)nc23)nc(N2CC[C@H]2C(=O)NCCOC)c1. The van der Waals surface area contributed by atoms with Crippen molar-refractivity contribution in [1.82, 2.24) is 29.8 Å². The van der Waals surface area contributed by atoms with E-state index in [1.165, 1.54) is 0 Å². The fourth-order valence-electron chi connectivity index (χ4n) is 5.42. The fraction of sp³-hybridized carbons (Fsp3) is 0.452. The molecule has 0 unspecified atom stereocenters. The molecular weight excluding hydrogens is 550 g/mol. The number of amides is 1. The van der Waals surface area contributed by atoms with E-state index >= 15 is 0 Å².